The van der Waals surface area contributed by atoms with Crippen molar-refractivity contribution in [2.24, 2.45) is 23.5 Å². The lowest BCUT2D eigenvalue weighted by atomic mass is 9.69. The van der Waals surface area contributed by atoms with Gasteiger partial charge in [-0.05, 0) is 50.7 Å². The van der Waals surface area contributed by atoms with Crippen LogP contribution < -0.4 is 5.73 Å². The van der Waals surface area contributed by atoms with E-state index in [1.54, 1.807) is 0 Å². The molecule has 14 heavy (non-hydrogen) atoms. The topological polar surface area (TPSA) is 29.3 Å². The summed E-state index contributed by atoms with van der Waals surface area (Å²) in [4.78, 5) is 2.48. The summed E-state index contributed by atoms with van der Waals surface area (Å²) >= 11 is 0. The first-order valence-corrected chi connectivity index (χ1v) is 6.20. The number of hydrogen-bond acceptors (Lipinski definition) is 2. The fourth-order valence-electron chi connectivity index (χ4n) is 3.24. The Morgan fingerprint density at radius 2 is 2.07 bits per heavy atom. The van der Waals surface area contributed by atoms with E-state index in [4.69, 9.17) is 5.73 Å². The first-order valence-electron chi connectivity index (χ1n) is 6.20. The van der Waals surface area contributed by atoms with Crippen LogP contribution in [0.25, 0.3) is 0 Å². The fraction of sp³-hybridized carbons (Fsp3) is 1.00. The lowest BCUT2D eigenvalue weighted by Crippen LogP contribution is -2.31. The van der Waals surface area contributed by atoms with Crippen molar-refractivity contribution in [3.05, 3.63) is 0 Å². The van der Waals surface area contributed by atoms with Gasteiger partial charge in [-0.2, -0.15) is 0 Å². The van der Waals surface area contributed by atoms with Crippen molar-refractivity contribution in [3.63, 3.8) is 0 Å². The molecule has 0 amide bonds. The molecule has 2 nitrogen and oxygen atoms in total. The zero-order valence-electron chi connectivity index (χ0n) is 9.41. The molecule has 2 N–H and O–H groups in total. The Morgan fingerprint density at radius 3 is 2.50 bits per heavy atom. The summed E-state index contributed by atoms with van der Waals surface area (Å²) in [6.45, 7) is 3.51. The Kier molecular flexibility index (Phi) is 3.45. The Balaban J connectivity index is 1.88. The van der Waals surface area contributed by atoms with Gasteiger partial charge < -0.3 is 10.6 Å². The van der Waals surface area contributed by atoms with Crippen molar-refractivity contribution in [2.75, 3.05) is 26.7 Å². The Hall–Kier alpha value is -0.0800. The first-order chi connectivity index (χ1) is 6.81. The number of likely N-dealkylation sites (tertiary alicyclic amines) is 1. The normalized spacial score (nSPS) is 31.7. The molecule has 1 saturated carbocycles. The maximum absolute atomic E-state index is 5.73. The van der Waals surface area contributed by atoms with Crippen LogP contribution in [0.2, 0.25) is 0 Å². The molecule has 1 heterocycles. The second-order valence-corrected chi connectivity index (χ2v) is 5.24. The summed E-state index contributed by atoms with van der Waals surface area (Å²) < 4.78 is 0. The quantitative estimate of drug-likeness (QED) is 0.741. The van der Waals surface area contributed by atoms with Crippen LogP contribution in [0.1, 0.15) is 32.1 Å². The van der Waals surface area contributed by atoms with Crippen LogP contribution in [-0.4, -0.2) is 31.6 Å². The highest BCUT2D eigenvalue weighted by molar-refractivity contribution is 4.87. The van der Waals surface area contributed by atoms with E-state index in [9.17, 15) is 0 Å². The monoisotopic (exact) mass is 196 g/mol. The molecule has 1 aliphatic carbocycles. The zero-order valence-corrected chi connectivity index (χ0v) is 9.41. The van der Waals surface area contributed by atoms with E-state index in [2.05, 4.69) is 11.9 Å². The molecule has 2 rings (SSSR count). The summed E-state index contributed by atoms with van der Waals surface area (Å²) in [7, 11) is 2.25. The highest BCUT2D eigenvalue weighted by Gasteiger charge is 2.35. The van der Waals surface area contributed by atoms with Gasteiger partial charge in [0.05, 0.1) is 0 Å². The van der Waals surface area contributed by atoms with Crippen LogP contribution in [-0.2, 0) is 0 Å². The maximum Gasteiger partial charge on any atom is 0.000984 e. The van der Waals surface area contributed by atoms with E-state index in [1.807, 2.05) is 0 Å². The van der Waals surface area contributed by atoms with E-state index < -0.39 is 0 Å². The second kappa shape index (κ2) is 4.63. The zero-order chi connectivity index (χ0) is 9.97. The van der Waals surface area contributed by atoms with E-state index in [0.29, 0.717) is 0 Å². The summed E-state index contributed by atoms with van der Waals surface area (Å²) in [6, 6.07) is 0. The third kappa shape index (κ3) is 2.12. The SMILES string of the molecule is CN1CCC(C(CCN)C2CCC2)C1. The van der Waals surface area contributed by atoms with Crippen molar-refractivity contribution in [1.29, 1.82) is 0 Å². The predicted molar refractivity (Wildman–Crippen MR) is 60.1 cm³/mol. The van der Waals surface area contributed by atoms with Gasteiger partial charge >= 0.3 is 0 Å². The molecule has 2 heteroatoms. The summed E-state index contributed by atoms with van der Waals surface area (Å²) in [6.07, 6.45) is 7.10. The smallest absolute Gasteiger partial charge is 0.000984 e. The molecule has 0 aromatic heterocycles. The largest absolute Gasteiger partial charge is 0.330 e. The van der Waals surface area contributed by atoms with Gasteiger partial charge in [0.25, 0.3) is 0 Å². The van der Waals surface area contributed by atoms with Crippen molar-refractivity contribution >= 4 is 0 Å². The Bertz CT molecular complexity index is 177. The van der Waals surface area contributed by atoms with Crippen molar-refractivity contribution in [1.82, 2.24) is 4.90 Å². The molecule has 0 aromatic rings. The third-order valence-electron chi connectivity index (χ3n) is 4.29. The van der Waals surface area contributed by atoms with Crippen molar-refractivity contribution in [3.8, 4) is 0 Å². The van der Waals surface area contributed by atoms with E-state index in [-0.39, 0.29) is 0 Å². The van der Waals surface area contributed by atoms with E-state index >= 15 is 0 Å². The molecule has 2 atom stereocenters. The molecule has 82 valence electrons. The van der Waals surface area contributed by atoms with E-state index in [1.165, 1.54) is 45.2 Å². The Labute approximate surface area is 87.8 Å². The van der Waals surface area contributed by atoms with Gasteiger partial charge in [-0.15, -0.1) is 0 Å². The number of rotatable bonds is 4. The molecule has 1 saturated heterocycles. The van der Waals surface area contributed by atoms with Crippen LogP contribution in [0.4, 0.5) is 0 Å². The van der Waals surface area contributed by atoms with Gasteiger partial charge in [-0.3, -0.25) is 0 Å². The standard InChI is InChI=1S/C12H24N2/c1-14-8-6-11(9-14)12(5-7-13)10-3-2-4-10/h10-12H,2-9,13H2,1H3. The lowest BCUT2D eigenvalue weighted by molar-refractivity contribution is 0.139. The van der Waals surface area contributed by atoms with Crippen LogP contribution in [0, 0.1) is 17.8 Å². The molecule has 0 aromatic carbocycles. The minimum absolute atomic E-state index is 0.890. The molecule has 2 unspecified atom stereocenters. The average molecular weight is 196 g/mol. The minimum Gasteiger partial charge on any atom is -0.330 e. The first kappa shape index (κ1) is 10.4. The van der Waals surface area contributed by atoms with Gasteiger partial charge in [0, 0.05) is 6.54 Å². The van der Waals surface area contributed by atoms with E-state index in [0.717, 1.165) is 24.3 Å². The van der Waals surface area contributed by atoms with Gasteiger partial charge in [-0.1, -0.05) is 19.3 Å². The van der Waals surface area contributed by atoms with Crippen LogP contribution in [0.5, 0.6) is 0 Å². The highest BCUT2D eigenvalue weighted by Crippen LogP contribution is 2.41. The second-order valence-electron chi connectivity index (χ2n) is 5.24. The average Bonchev–Trinajstić information content (AvgIpc) is 2.48. The van der Waals surface area contributed by atoms with Crippen molar-refractivity contribution in [2.45, 2.75) is 32.1 Å². The number of nitrogens with two attached hydrogens (primary N) is 1. The molecule has 2 fully saturated rings. The molecule has 0 spiro atoms. The van der Waals surface area contributed by atoms with Gasteiger partial charge in [0.2, 0.25) is 0 Å². The summed E-state index contributed by atoms with van der Waals surface area (Å²) in [5.41, 5.74) is 5.73. The van der Waals surface area contributed by atoms with Crippen LogP contribution in [0.15, 0.2) is 0 Å². The number of nitrogens with zero attached hydrogens (tertiary/aromatic N) is 1. The minimum atomic E-state index is 0.890. The van der Waals surface area contributed by atoms with Crippen LogP contribution in [0.3, 0.4) is 0 Å². The molecule has 1 aliphatic heterocycles. The number of hydrogen-bond donors (Lipinski definition) is 1. The lowest BCUT2D eigenvalue weighted by Gasteiger charge is -2.37. The Morgan fingerprint density at radius 1 is 1.29 bits per heavy atom. The molecular formula is C12H24N2. The summed E-state index contributed by atoms with van der Waals surface area (Å²) in [5, 5.41) is 0. The van der Waals surface area contributed by atoms with Gasteiger partial charge in [-0.25, -0.2) is 0 Å². The molecule has 0 bridgehead atoms. The van der Waals surface area contributed by atoms with Gasteiger partial charge in [0.15, 0.2) is 0 Å². The highest BCUT2D eigenvalue weighted by atomic mass is 15.1. The molecule has 0 radical (unpaired) electrons. The van der Waals surface area contributed by atoms with Crippen LogP contribution >= 0.6 is 0 Å². The van der Waals surface area contributed by atoms with Gasteiger partial charge in [0.1, 0.15) is 0 Å². The maximum atomic E-state index is 5.73. The molecule has 2 aliphatic rings. The fourth-order valence-corrected chi connectivity index (χ4v) is 3.24. The molecular weight excluding hydrogens is 172 g/mol. The van der Waals surface area contributed by atoms with Crippen molar-refractivity contribution < 1.29 is 0 Å². The third-order valence-corrected chi connectivity index (χ3v) is 4.29. The summed E-state index contributed by atoms with van der Waals surface area (Å²) in [5.74, 6) is 2.92. The predicted octanol–water partition coefficient (Wildman–Crippen LogP) is 1.70.